The van der Waals surface area contributed by atoms with Crippen LogP contribution in [0, 0.1) is 0 Å². The first-order chi connectivity index (χ1) is 15.0. The Kier molecular flexibility index (Phi) is 6.11. The number of nitrogens with one attached hydrogen (secondary N) is 1. The van der Waals surface area contributed by atoms with Crippen molar-refractivity contribution in [2.75, 3.05) is 39.2 Å². The lowest BCUT2D eigenvalue weighted by molar-refractivity contribution is 0.0790. The summed E-state index contributed by atoms with van der Waals surface area (Å²) < 4.78 is 11.2. The molecule has 0 spiro atoms. The second-order valence-electron chi connectivity index (χ2n) is 7.94. The Bertz CT molecular complexity index is 1050. The number of para-hydroxylation sites is 2. The van der Waals surface area contributed by atoms with E-state index in [1.807, 2.05) is 78.5 Å². The molecule has 0 unspecified atom stereocenters. The quantitative estimate of drug-likeness (QED) is 0.631. The third kappa shape index (κ3) is 4.66. The van der Waals surface area contributed by atoms with Crippen molar-refractivity contribution in [2.45, 2.75) is 18.9 Å². The first-order valence-corrected chi connectivity index (χ1v) is 10.4. The summed E-state index contributed by atoms with van der Waals surface area (Å²) in [6, 6.07) is 17.3. The van der Waals surface area contributed by atoms with Crippen molar-refractivity contribution in [3.8, 4) is 11.5 Å². The van der Waals surface area contributed by atoms with Crippen molar-refractivity contribution in [1.29, 1.82) is 0 Å². The van der Waals surface area contributed by atoms with E-state index in [0.717, 1.165) is 35.6 Å². The Morgan fingerprint density at radius 1 is 1.16 bits per heavy atom. The van der Waals surface area contributed by atoms with Crippen LogP contribution in [-0.4, -0.2) is 55.3 Å². The van der Waals surface area contributed by atoms with Crippen LogP contribution in [0.25, 0.3) is 0 Å². The van der Waals surface area contributed by atoms with E-state index < -0.39 is 0 Å². The zero-order valence-corrected chi connectivity index (χ0v) is 18.2. The monoisotopic (exact) mass is 420 g/mol. The molecule has 0 saturated carbocycles. The van der Waals surface area contributed by atoms with Gasteiger partial charge in [-0.2, -0.15) is 5.10 Å². The first-order valence-electron chi connectivity index (χ1n) is 10.4. The highest BCUT2D eigenvalue weighted by Gasteiger charge is 2.29. The van der Waals surface area contributed by atoms with Crippen LogP contribution in [0.15, 0.2) is 54.6 Å². The van der Waals surface area contributed by atoms with Crippen LogP contribution < -0.4 is 14.4 Å². The number of nitrogens with zero attached hydrogens (tertiary/aromatic N) is 3. The van der Waals surface area contributed by atoms with E-state index >= 15 is 0 Å². The average molecular weight is 421 g/mol. The zero-order valence-electron chi connectivity index (χ0n) is 18.2. The van der Waals surface area contributed by atoms with E-state index in [-0.39, 0.29) is 11.8 Å². The molecule has 3 aromatic rings. The molecule has 7 heteroatoms. The average Bonchev–Trinajstić information content (AvgIpc) is 3.47. The minimum atomic E-state index is 0.0708. The van der Waals surface area contributed by atoms with Gasteiger partial charge in [-0.25, -0.2) is 0 Å². The molecule has 31 heavy (non-hydrogen) atoms. The Morgan fingerprint density at radius 2 is 1.97 bits per heavy atom. The minimum Gasteiger partial charge on any atom is -0.493 e. The minimum absolute atomic E-state index is 0.0708. The molecular weight excluding hydrogens is 392 g/mol. The van der Waals surface area contributed by atoms with E-state index in [4.69, 9.17) is 9.47 Å². The van der Waals surface area contributed by atoms with Gasteiger partial charge in [0.05, 0.1) is 18.5 Å². The van der Waals surface area contributed by atoms with Gasteiger partial charge in [-0.1, -0.05) is 18.2 Å². The van der Waals surface area contributed by atoms with Gasteiger partial charge in [-0.15, -0.1) is 0 Å². The number of likely N-dealkylation sites (tertiary alicyclic amines) is 1. The van der Waals surface area contributed by atoms with Crippen molar-refractivity contribution >= 4 is 11.6 Å². The predicted molar refractivity (Wildman–Crippen MR) is 120 cm³/mol. The summed E-state index contributed by atoms with van der Waals surface area (Å²) in [6.45, 7) is 1.78. The van der Waals surface area contributed by atoms with Gasteiger partial charge in [0.15, 0.2) is 11.5 Å². The first kappa shape index (κ1) is 20.8. The number of methoxy groups -OCH3 is 1. The van der Waals surface area contributed by atoms with Crippen LogP contribution in [0.2, 0.25) is 0 Å². The summed E-state index contributed by atoms with van der Waals surface area (Å²) in [5, 5.41) is 7.54. The number of carbonyl (C=O) groups is 1. The maximum absolute atomic E-state index is 13.0. The van der Waals surface area contributed by atoms with Crippen LogP contribution in [0.5, 0.6) is 11.5 Å². The highest BCUT2D eigenvalue weighted by Crippen LogP contribution is 2.29. The summed E-state index contributed by atoms with van der Waals surface area (Å²) in [4.78, 5) is 16.9. The third-order valence-electron chi connectivity index (χ3n) is 5.61. The number of rotatable bonds is 7. The lowest BCUT2D eigenvalue weighted by atomic mass is 10.1. The van der Waals surface area contributed by atoms with Crippen molar-refractivity contribution in [3.63, 3.8) is 0 Å². The van der Waals surface area contributed by atoms with Gasteiger partial charge in [-0.3, -0.25) is 9.89 Å². The standard InChI is InChI=1S/C24H28N4O3/c1-27(2)20-8-6-7-17(13-20)24(29)28-12-11-18(15-28)21-14-19(25-26-21)16-31-23-10-5-4-9-22(23)30-3/h4-10,13-14,18H,11-12,15-16H2,1-3H3,(H,25,26)/t18-/m1/s1. The van der Waals surface area contributed by atoms with Crippen LogP contribution in [0.4, 0.5) is 5.69 Å². The predicted octanol–water partition coefficient (Wildman–Crippen LogP) is 3.69. The number of hydrogen-bond donors (Lipinski definition) is 1. The molecule has 0 bridgehead atoms. The molecule has 7 nitrogen and oxygen atoms in total. The fraction of sp³-hybridized carbons (Fsp3) is 0.333. The van der Waals surface area contributed by atoms with Gasteiger partial charge < -0.3 is 19.3 Å². The maximum Gasteiger partial charge on any atom is 0.253 e. The zero-order chi connectivity index (χ0) is 21.8. The van der Waals surface area contributed by atoms with E-state index in [1.165, 1.54) is 0 Å². The van der Waals surface area contributed by atoms with E-state index in [0.29, 0.717) is 24.7 Å². The van der Waals surface area contributed by atoms with Gasteiger partial charge >= 0.3 is 0 Å². The van der Waals surface area contributed by atoms with Crippen molar-refractivity contribution in [1.82, 2.24) is 15.1 Å². The molecule has 0 aliphatic carbocycles. The normalized spacial score (nSPS) is 15.7. The number of amides is 1. The molecule has 1 aromatic heterocycles. The number of aromatic amines is 1. The fourth-order valence-electron chi connectivity index (χ4n) is 3.84. The second-order valence-corrected chi connectivity index (χ2v) is 7.94. The van der Waals surface area contributed by atoms with Gasteiger partial charge in [0, 0.05) is 44.4 Å². The van der Waals surface area contributed by atoms with Crippen LogP contribution in [0.3, 0.4) is 0 Å². The van der Waals surface area contributed by atoms with Crippen LogP contribution >= 0.6 is 0 Å². The lowest BCUT2D eigenvalue weighted by Gasteiger charge is -2.18. The molecule has 0 radical (unpaired) electrons. The van der Waals surface area contributed by atoms with Crippen LogP contribution in [-0.2, 0) is 6.61 Å². The number of anilines is 1. The second kappa shape index (κ2) is 9.12. The fourth-order valence-corrected chi connectivity index (χ4v) is 3.84. The molecule has 1 N–H and O–H groups in total. The molecule has 2 aromatic carbocycles. The summed E-state index contributed by atoms with van der Waals surface area (Å²) in [5.74, 6) is 1.68. The smallest absolute Gasteiger partial charge is 0.253 e. The van der Waals surface area contributed by atoms with E-state index in [1.54, 1.807) is 7.11 Å². The number of ether oxygens (including phenoxy) is 2. The number of H-pyrrole nitrogens is 1. The van der Waals surface area contributed by atoms with Crippen molar-refractivity contribution in [2.24, 2.45) is 0 Å². The Hall–Kier alpha value is -3.48. The molecule has 1 amide bonds. The lowest BCUT2D eigenvalue weighted by Crippen LogP contribution is -2.28. The maximum atomic E-state index is 13.0. The molecule has 1 atom stereocenters. The number of carbonyl (C=O) groups excluding carboxylic acids is 1. The SMILES string of the molecule is COc1ccccc1OCc1cc([C@@H]2CCN(C(=O)c3cccc(N(C)C)c3)C2)n[nH]1. The van der Waals surface area contributed by atoms with E-state index in [2.05, 4.69) is 10.2 Å². The van der Waals surface area contributed by atoms with E-state index in [9.17, 15) is 4.79 Å². The summed E-state index contributed by atoms with van der Waals surface area (Å²) in [6.07, 6.45) is 0.900. The Balaban J connectivity index is 1.37. The van der Waals surface area contributed by atoms with Gasteiger partial charge in [-0.05, 0) is 42.8 Å². The van der Waals surface area contributed by atoms with Crippen LogP contribution in [0.1, 0.15) is 34.1 Å². The topological polar surface area (TPSA) is 70.7 Å². The molecule has 1 fully saturated rings. The van der Waals surface area contributed by atoms with Gasteiger partial charge in [0.1, 0.15) is 6.61 Å². The Morgan fingerprint density at radius 3 is 2.74 bits per heavy atom. The number of hydrogen-bond acceptors (Lipinski definition) is 5. The summed E-state index contributed by atoms with van der Waals surface area (Å²) in [5.41, 5.74) is 3.61. The molecule has 1 aliphatic rings. The number of benzene rings is 2. The van der Waals surface area contributed by atoms with Crippen molar-refractivity contribution < 1.29 is 14.3 Å². The largest absolute Gasteiger partial charge is 0.493 e. The molecule has 1 aliphatic heterocycles. The summed E-state index contributed by atoms with van der Waals surface area (Å²) >= 11 is 0. The number of aromatic nitrogens is 2. The Labute approximate surface area is 182 Å². The molecule has 1 saturated heterocycles. The summed E-state index contributed by atoms with van der Waals surface area (Å²) in [7, 11) is 5.57. The third-order valence-corrected chi connectivity index (χ3v) is 5.61. The molecule has 162 valence electrons. The van der Waals surface area contributed by atoms with Gasteiger partial charge in [0.2, 0.25) is 0 Å². The highest BCUT2D eigenvalue weighted by molar-refractivity contribution is 5.95. The highest BCUT2D eigenvalue weighted by atomic mass is 16.5. The molecule has 2 heterocycles. The van der Waals surface area contributed by atoms with Crippen molar-refractivity contribution in [3.05, 3.63) is 71.5 Å². The molecular formula is C24H28N4O3. The van der Waals surface area contributed by atoms with Gasteiger partial charge in [0.25, 0.3) is 5.91 Å². The molecule has 4 rings (SSSR count).